The molecule has 1 fully saturated rings. The second-order valence-corrected chi connectivity index (χ2v) is 7.38. The van der Waals surface area contributed by atoms with Crippen LogP contribution in [0.3, 0.4) is 0 Å². The molecule has 1 amide bonds. The summed E-state index contributed by atoms with van der Waals surface area (Å²) in [5, 5.41) is 13.3. The topological polar surface area (TPSA) is 78.9 Å². The van der Waals surface area contributed by atoms with Gasteiger partial charge in [-0.15, -0.1) is 0 Å². The molecule has 0 bridgehead atoms. The summed E-state index contributed by atoms with van der Waals surface area (Å²) in [4.78, 5) is 25.5. The van der Waals surface area contributed by atoms with E-state index in [4.69, 9.17) is 4.74 Å². The summed E-state index contributed by atoms with van der Waals surface area (Å²) in [7, 11) is 0. The summed E-state index contributed by atoms with van der Waals surface area (Å²) in [5.41, 5.74) is -0.497. The van der Waals surface area contributed by atoms with E-state index in [2.05, 4.69) is 5.32 Å². The molecule has 3 rings (SSSR count). The zero-order valence-electron chi connectivity index (χ0n) is 14.4. The minimum atomic E-state index is -1.51. The highest BCUT2D eigenvalue weighted by Crippen LogP contribution is 2.51. The van der Waals surface area contributed by atoms with Gasteiger partial charge in [0.2, 0.25) is 11.4 Å². The molecule has 5 heteroatoms. The van der Waals surface area contributed by atoms with Gasteiger partial charge in [-0.3, -0.25) is 9.59 Å². The zero-order chi connectivity index (χ0) is 17.7. The van der Waals surface area contributed by atoms with E-state index >= 15 is 0 Å². The number of carbonyl (C=O) groups excluding carboxylic acids is 2. The quantitative estimate of drug-likeness (QED) is 0.506. The summed E-state index contributed by atoms with van der Waals surface area (Å²) < 4.78 is 5.70. The molecule has 1 aromatic rings. The van der Waals surface area contributed by atoms with Crippen LogP contribution in [0, 0.1) is 5.92 Å². The van der Waals surface area contributed by atoms with Crippen LogP contribution < -0.4 is 5.32 Å². The molecule has 128 valence electrons. The standard InChI is InChI=1S/C19H23NO4/c1-11(2)9-10-13(18(3,4)23)16-19(24-16)15(21)12-7-5-6-8-14(12)20-17(19)22/h5-9,13,16,23H,10H2,1-4H3,(H,20,22)/t13-,16+,19-/m0/s1. The summed E-state index contributed by atoms with van der Waals surface area (Å²) >= 11 is 0. The summed E-state index contributed by atoms with van der Waals surface area (Å²) in [5.74, 6) is -1.12. The van der Waals surface area contributed by atoms with Crippen LogP contribution in [-0.4, -0.2) is 34.1 Å². The molecule has 1 aromatic carbocycles. The predicted molar refractivity (Wildman–Crippen MR) is 90.8 cm³/mol. The maximum absolute atomic E-state index is 12.9. The number of Topliss-reactive ketones (excluding diaryl/α,β-unsaturated/α-hetero) is 1. The van der Waals surface area contributed by atoms with E-state index in [1.165, 1.54) is 0 Å². The van der Waals surface area contributed by atoms with Crippen molar-refractivity contribution >= 4 is 17.4 Å². The molecule has 2 aliphatic heterocycles. The third kappa shape index (κ3) is 2.58. The molecule has 2 N–H and O–H groups in total. The fourth-order valence-electron chi connectivity index (χ4n) is 3.35. The van der Waals surface area contributed by atoms with Gasteiger partial charge in [-0.1, -0.05) is 23.8 Å². The predicted octanol–water partition coefficient (Wildman–Crippen LogP) is 2.70. The van der Waals surface area contributed by atoms with Crippen LogP contribution in [0.2, 0.25) is 0 Å². The van der Waals surface area contributed by atoms with Crippen molar-refractivity contribution in [2.75, 3.05) is 5.32 Å². The van der Waals surface area contributed by atoms with Crippen molar-refractivity contribution in [2.45, 2.75) is 51.4 Å². The second-order valence-electron chi connectivity index (χ2n) is 7.38. The van der Waals surface area contributed by atoms with Gasteiger partial charge in [0, 0.05) is 11.5 Å². The average Bonchev–Trinajstić information content (AvgIpc) is 3.20. The Kier molecular flexibility index (Phi) is 3.89. The zero-order valence-corrected chi connectivity index (χ0v) is 14.4. The Labute approximate surface area is 141 Å². The maximum Gasteiger partial charge on any atom is 0.267 e. The van der Waals surface area contributed by atoms with Gasteiger partial charge in [0.25, 0.3) is 5.91 Å². The Morgan fingerprint density at radius 1 is 1.38 bits per heavy atom. The van der Waals surface area contributed by atoms with Gasteiger partial charge in [-0.2, -0.15) is 0 Å². The third-order valence-electron chi connectivity index (χ3n) is 4.80. The first-order valence-corrected chi connectivity index (χ1v) is 8.16. The Bertz CT molecular complexity index is 727. The molecule has 2 aliphatic rings. The fourth-order valence-corrected chi connectivity index (χ4v) is 3.35. The van der Waals surface area contributed by atoms with E-state index in [0.29, 0.717) is 17.7 Å². The van der Waals surface area contributed by atoms with Crippen molar-refractivity contribution in [2.24, 2.45) is 5.92 Å². The molecular weight excluding hydrogens is 306 g/mol. The number of rotatable bonds is 4. The molecular formula is C19H23NO4. The number of carbonyl (C=O) groups is 2. The third-order valence-corrected chi connectivity index (χ3v) is 4.80. The fraction of sp³-hybridized carbons (Fsp3) is 0.474. The number of hydrogen-bond acceptors (Lipinski definition) is 4. The number of nitrogens with one attached hydrogen (secondary N) is 1. The van der Waals surface area contributed by atoms with Gasteiger partial charge >= 0.3 is 0 Å². The first kappa shape index (κ1) is 16.9. The molecule has 0 aliphatic carbocycles. The molecule has 0 aromatic heterocycles. The van der Waals surface area contributed by atoms with Gasteiger partial charge in [0.15, 0.2) is 0 Å². The molecule has 1 saturated heterocycles. The number of allylic oxidation sites excluding steroid dienone is 2. The van der Waals surface area contributed by atoms with Gasteiger partial charge in [-0.25, -0.2) is 0 Å². The Morgan fingerprint density at radius 3 is 2.67 bits per heavy atom. The highest BCUT2D eigenvalue weighted by molar-refractivity contribution is 6.28. The van der Waals surface area contributed by atoms with E-state index in [1.54, 1.807) is 38.1 Å². The molecule has 0 radical (unpaired) electrons. The van der Waals surface area contributed by atoms with E-state index in [1.807, 2.05) is 19.9 Å². The van der Waals surface area contributed by atoms with Crippen molar-refractivity contribution in [3.63, 3.8) is 0 Å². The van der Waals surface area contributed by atoms with Gasteiger partial charge < -0.3 is 15.2 Å². The Balaban J connectivity index is 1.95. The number of aliphatic hydroxyl groups is 1. The van der Waals surface area contributed by atoms with E-state index < -0.39 is 23.2 Å². The molecule has 24 heavy (non-hydrogen) atoms. The number of benzene rings is 1. The van der Waals surface area contributed by atoms with Crippen LogP contribution in [0.4, 0.5) is 5.69 Å². The Morgan fingerprint density at radius 2 is 2.04 bits per heavy atom. The first-order valence-electron chi connectivity index (χ1n) is 8.16. The second kappa shape index (κ2) is 5.53. The van der Waals surface area contributed by atoms with Gasteiger partial charge in [0.05, 0.1) is 11.3 Å². The highest BCUT2D eigenvalue weighted by atomic mass is 16.6. The number of epoxide rings is 1. The first-order chi connectivity index (χ1) is 11.2. The number of para-hydroxylation sites is 1. The van der Waals surface area contributed by atoms with E-state index in [9.17, 15) is 14.7 Å². The van der Waals surface area contributed by atoms with Crippen LogP contribution in [0.15, 0.2) is 35.9 Å². The van der Waals surface area contributed by atoms with Crippen molar-refractivity contribution in [3.8, 4) is 0 Å². The largest absolute Gasteiger partial charge is 0.390 e. The lowest BCUT2D eigenvalue weighted by molar-refractivity contribution is -0.119. The van der Waals surface area contributed by atoms with Gasteiger partial charge in [0.1, 0.15) is 6.10 Å². The van der Waals surface area contributed by atoms with Crippen molar-refractivity contribution in [1.82, 2.24) is 0 Å². The smallest absolute Gasteiger partial charge is 0.267 e. The monoisotopic (exact) mass is 329 g/mol. The van der Waals surface area contributed by atoms with Crippen LogP contribution in [0.5, 0.6) is 0 Å². The molecule has 2 heterocycles. The Hall–Kier alpha value is -1.98. The van der Waals surface area contributed by atoms with Crippen molar-refractivity contribution < 1.29 is 19.4 Å². The summed E-state index contributed by atoms with van der Waals surface area (Å²) in [6.45, 7) is 7.31. The minimum Gasteiger partial charge on any atom is -0.390 e. The average molecular weight is 329 g/mol. The SMILES string of the molecule is CC(C)=CC[C@@H]([C@H]1O[C@]12C(=O)Nc1ccccc1C2=O)C(C)(C)O. The maximum atomic E-state index is 12.9. The van der Waals surface area contributed by atoms with Crippen molar-refractivity contribution in [1.29, 1.82) is 0 Å². The van der Waals surface area contributed by atoms with Crippen LogP contribution in [0.25, 0.3) is 0 Å². The van der Waals surface area contributed by atoms with Gasteiger partial charge in [-0.05, 0) is 46.2 Å². The number of ether oxygens (including phenoxy) is 1. The molecule has 3 atom stereocenters. The van der Waals surface area contributed by atoms with Crippen LogP contribution in [0.1, 0.15) is 44.5 Å². The molecule has 0 saturated carbocycles. The normalized spacial score (nSPS) is 26.6. The minimum absolute atomic E-state index is 0.321. The molecule has 0 unspecified atom stereocenters. The lowest BCUT2D eigenvalue weighted by Crippen LogP contribution is -2.48. The van der Waals surface area contributed by atoms with E-state index in [0.717, 1.165) is 5.57 Å². The van der Waals surface area contributed by atoms with Crippen LogP contribution in [-0.2, 0) is 9.53 Å². The van der Waals surface area contributed by atoms with E-state index in [-0.39, 0.29) is 11.7 Å². The number of anilines is 1. The number of fused-ring (bicyclic) bond motifs is 1. The van der Waals surface area contributed by atoms with Crippen LogP contribution >= 0.6 is 0 Å². The number of amides is 1. The summed E-state index contributed by atoms with van der Waals surface area (Å²) in [6, 6.07) is 6.92. The highest BCUT2D eigenvalue weighted by Gasteiger charge is 2.73. The molecule has 1 spiro atoms. The van der Waals surface area contributed by atoms with Crippen molar-refractivity contribution in [3.05, 3.63) is 41.5 Å². The lowest BCUT2D eigenvalue weighted by Gasteiger charge is -2.29. The lowest BCUT2D eigenvalue weighted by atomic mass is 9.77. The number of hydrogen-bond donors (Lipinski definition) is 2. The summed E-state index contributed by atoms with van der Waals surface area (Å²) in [6.07, 6.45) is 1.91. The molecule has 5 nitrogen and oxygen atoms in total. The number of ketones is 1.